The van der Waals surface area contributed by atoms with Gasteiger partial charge in [-0.1, -0.05) is 31.2 Å². The molecule has 0 amide bonds. The maximum Gasteiger partial charge on any atom is 0.278 e. The van der Waals surface area contributed by atoms with Crippen molar-refractivity contribution >= 4 is 16.6 Å². The number of nitriles is 1. The van der Waals surface area contributed by atoms with Crippen LogP contribution in [0.2, 0.25) is 0 Å². The van der Waals surface area contributed by atoms with Crippen molar-refractivity contribution in [2.24, 2.45) is 0 Å². The van der Waals surface area contributed by atoms with Crippen molar-refractivity contribution in [3.8, 4) is 17.6 Å². The lowest BCUT2D eigenvalue weighted by atomic mass is 10.1. The van der Waals surface area contributed by atoms with Crippen molar-refractivity contribution in [1.82, 2.24) is 28.9 Å². The summed E-state index contributed by atoms with van der Waals surface area (Å²) in [6.45, 7) is 6.53. The molecule has 5 rings (SSSR count). The molecule has 9 heteroatoms. The van der Waals surface area contributed by atoms with Crippen LogP contribution in [0.5, 0.6) is 0 Å². The Bertz CT molecular complexity index is 1370. The van der Waals surface area contributed by atoms with E-state index in [9.17, 15) is 10.1 Å². The molecule has 2 atom stereocenters. The van der Waals surface area contributed by atoms with Crippen molar-refractivity contribution < 1.29 is 4.74 Å². The van der Waals surface area contributed by atoms with E-state index in [-0.39, 0.29) is 23.6 Å². The van der Waals surface area contributed by atoms with Gasteiger partial charge in [0.05, 0.1) is 28.9 Å². The molecule has 0 radical (unpaired) electrons. The van der Waals surface area contributed by atoms with E-state index in [4.69, 9.17) is 4.74 Å². The van der Waals surface area contributed by atoms with E-state index in [1.54, 1.807) is 10.7 Å². The fraction of sp³-hybridized carbons (Fsp3) is 0.381. The Hall–Kier alpha value is -3.51. The molecule has 4 aromatic rings. The Morgan fingerprint density at radius 3 is 2.67 bits per heavy atom. The predicted molar refractivity (Wildman–Crippen MR) is 110 cm³/mol. The largest absolute Gasteiger partial charge is 0.376 e. The van der Waals surface area contributed by atoms with Gasteiger partial charge in [0.15, 0.2) is 0 Å². The van der Waals surface area contributed by atoms with Crippen molar-refractivity contribution in [3.05, 3.63) is 46.6 Å². The van der Waals surface area contributed by atoms with Crippen LogP contribution >= 0.6 is 0 Å². The van der Waals surface area contributed by atoms with Crippen LogP contribution in [-0.4, -0.2) is 41.7 Å². The predicted octanol–water partition coefficient (Wildman–Crippen LogP) is 2.71. The number of hydrogen-bond acceptors (Lipinski definition) is 6. The van der Waals surface area contributed by atoms with Crippen molar-refractivity contribution in [1.29, 1.82) is 5.26 Å². The zero-order chi connectivity index (χ0) is 21.0. The van der Waals surface area contributed by atoms with Gasteiger partial charge in [-0.25, -0.2) is 4.98 Å². The molecule has 1 aromatic carbocycles. The third-order valence-electron chi connectivity index (χ3n) is 5.83. The third-order valence-corrected chi connectivity index (χ3v) is 5.83. The van der Waals surface area contributed by atoms with Crippen molar-refractivity contribution in [2.45, 2.75) is 45.3 Å². The molecule has 1 saturated heterocycles. The topological polar surface area (TPSA) is 103 Å². The second-order valence-electron chi connectivity index (χ2n) is 7.90. The van der Waals surface area contributed by atoms with Crippen molar-refractivity contribution in [3.63, 3.8) is 0 Å². The van der Waals surface area contributed by atoms with E-state index >= 15 is 0 Å². The van der Waals surface area contributed by atoms with Gasteiger partial charge in [0, 0.05) is 6.61 Å². The minimum absolute atomic E-state index is 0.0164. The van der Waals surface area contributed by atoms with Crippen LogP contribution in [0.4, 0.5) is 0 Å². The van der Waals surface area contributed by atoms with Crippen LogP contribution in [0.15, 0.2) is 35.4 Å². The molecular weight excluding hydrogens is 382 g/mol. The third kappa shape index (κ3) is 2.50. The van der Waals surface area contributed by atoms with Crippen LogP contribution in [0.1, 0.15) is 44.8 Å². The zero-order valence-corrected chi connectivity index (χ0v) is 17.0. The second-order valence-corrected chi connectivity index (χ2v) is 7.90. The standard InChI is InChI=1S/C21H21N7O2/c1-12(2)19-18(24-25-27(19)10-22)17-20-21(29)28(14-8-9-30-13(14)3)16-7-5-4-6-15(16)26(20)11-23-17/h4-7,11-14H,8-9H2,1-3H3. The van der Waals surface area contributed by atoms with Gasteiger partial charge in [-0.3, -0.25) is 13.8 Å². The lowest BCUT2D eigenvalue weighted by Gasteiger charge is -2.21. The van der Waals surface area contributed by atoms with Crippen LogP contribution in [0.3, 0.4) is 0 Å². The normalized spacial score (nSPS) is 19.2. The molecular formula is C21H21N7O2. The van der Waals surface area contributed by atoms with Gasteiger partial charge < -0.3 is 4.74 Å². The molecule has 30 heavy (non-hydrogen) atoms. The Balaban J connectivity index is 1.89. The Kier molecular flexibility index (Phi) is 4.18. The molecule has 0 saturated carbocycles. The van der Waals surface area contributed by atoms with Gasteiger partial charge in [-0.05, 0) is 31.4 Å². The average molecular weight is 403 g/mol. The number of rotatable bonds is 3. The summed E-state index contributed by atoms with van der Waals surface area (Å²) in [5, 5.41) is 17.6. The molecule has 152 valence electrons. The summed E-state index contributed by atoms with van der Waals surface area (Å²) in [7, 11) is 0. The highest BCUT2D eigenvalue weighted by Crippen LogP contribution is 2.32. The summed E-state index contributed by atoms with van der Waals surface area (Å²) >= 11 is 0. The molecule has 0 bridgehead atoms. The van der Waals surface area contributed by atoms with E-state index < -0.39 is 0 Å². The first kappa shape index (κ1) is 18.5. The van der Waals surface area contributed by atoms with E-state index in [2.05, 4.69) is 15.3 Å². The Labute approximate surface area is 172 Å². The quantitative estimate of drug-likeness (QED) is 0.521. The van der Waals surface area contributed by atoms with Gasteiger partial charge in [-0.15, -0.1) is 9.78 Å². The minimum Gasteiger partial charge on any atom is -0.376 e. The van der Waals surface area contributed by atoms with Gasteiger partial charge >= 0.3 is 0 Å². The van der Waals surface area contributed by atoms with Crippen LogP contribution in [0, 0.1) is 11.5 Å². The van der Waals surface area contributed by atoms with E-state index in [0.717, 1.165) is 17.5 Å². The van der Waals surface area contributed by atoms with Crippen molar-refractivity contribution in [2.75, 3.05) is 6.61 Å². The van der Waals surface area contributed by atoms with Crippen LogP contribution in [0.25, 0.3) is 27.9 Å². The summed E-state index contributed by atoms with van der Waals surface area (Å²) in [5.74, 6) is -0.0164. The Morgan fingerprint density at radius 2 is 2.00 bits per heavy atom. The minimum atomic E-state index is -0.148. The number of nitrogens with zero attached hydrogens (tertiary/aromatic N) is 7. The highest BCUT2D eigenvalue weighted by molar-refractivity contribution is 5.85. The van der Waals surface area contributed by atoms with Gasteiger partial charge in [0.1, 0.15) is 23.2 Å². The van der Waals surface area contributed by atoms with E-state index in [1.807, 2.05) is 55.8 Å². The molecule has 1 aliphatic heterocycles. The maximum absolute atomic E-state index is 13.8. The first-order chi connectivity index (χ1) is 14.5. The fourth-order valence-electron chi connectivity index (χ4n) is 4.44. The smallest absolute Gasteiger partial charge is 0.278 e. The second kappa shape index (κ2) is 6.78. The molecule has 1 aliphatic rings. The highest BCUT2D eigenvalue weighted by atomic mass is 16.5. The molecule has 3 aromatic heterocycles. The molecule has 1 fully saturated rings. The summed E-state index contributed by atoms with van der Waals surface area (Å²) in [5.41, 5.74) is 3.54. The first-order valence-corrected chi connectivity index (χ1v) is 10.0. The fourth-order valence-corrected chi connectivity index (χ4v) is 4.44. The monoisotopic (exact) mass is 403 g/mol. The van der Waals surface area contributed by atoms with Gasteiger partial charge in [-0.2, -0.15) is 5.26 Å². The molecule has 0 N–H and O–H groups in total. The summed E-state index contributed by atoms with van der Waals surface area (Å²) in [4.78, 5) is 18.4. The first-order valence-electron chi connectivity index (χ1n) is 10.0. The number of imidazole rings is 1. The zero-order valence-electron chi connectivity index (χ0n) is 17.0. The molecule has 2 unspecified atom stereocenters. The van der Waals surface area contributed by atoms with E-state index in [1.165, 1.54) is 4.68 Å². The Morgan fingerprint density at radius 1 is 1.23 bits per heavy atom. The number of aromatic nitrogens is 6. The summed E-state index contributed by atoms with van der Waals surface area (Å²) in [6.07, 6.45) is 4.37. The number of para-hydroxylation sites is 2. The van der Waals surface area contributed by atoms with Gasteiger partial charge in [0.25, 0.3) is 5.56 Å². The van der Waals surface area contributed by atoms with E-state index in [0.29, 0.717) is 29.2 Å². The molecule has 9 nitrogen and oxygen atoms in total. The SMILES string of the molecule is CC(C)c1c(-c2ncn3c2c(=O)n(C2CCOC2C)c2ccccc23)nnn1C#N. The summed E-state index contributed by atoms with van der Waals surface area (Å²) in [6, 6.07) is 7.73. The average Bonchev–Trinajstić information content (AvgIpc) is 3.46. The van der Waals surface area contributed by atoms with Crippen LogP contribution in [-0.2, 0) is 4.74 Å². The lowest BCUT2D eigenvalue weighted by molar-refractivity contribution is 0.108. The lowest BCUT2D eigenvalue weighted by Crippen LogP contribution is -2.30. The number of benzene rings is 1. The highest BCUT2D eigenvalue weighted by Gasteiger charge is 2.31. The molecule has 0 spiro atoms. The van der Waals surface area contributed by atoms with Gasteiger partial charge in [0.2, 0.25) is 6.19 Å². The number of hydrogen-bond donors (Lipinski definition) is 0. The molecule has 4 heterocycles. The summed E-state index contributed by atoms with van der Waals surface area (Å²) < 4.78 is 10.6. The number of ether oxygens (including phenoxy) is 1. The van der Waals surface area contributed by atoms with Crippen LogP contribution < -0.4 is 5.56 Å². The maximum atomic E-state index is 13.8. The molecule has 0 aliphatic carbocycles. The number of fused-ring (bicyclic) bond motifs is 3.